The molecule has 0 aliphatic heterocycles. The van der Waals surface area contributed by atoms with Gasteiger partial charge in [0.1, 0.15) is 0 Å². The smallest absolute Gasteiger partial charge is 0.00156 e. The topological polar surface area (TPSA) is 3.24 Å². The Morgan fingerprint density at radius 1 is 0.414 bits per heavy atom. The van der Waals surface area contributed by atoms with E-state index < -0.39 is 0 Å². The highest BCUT2D eigenvalue weighted by Gasteiger charge is 2.06. The van der Waals surface area contributed by atoms with Gasteiger partial charge in [-0.05, 0) is 74.8 Å². The van der Waals surface area contributed by atoms with Crippen LogP contribution in [0.4, 0.5) is 0 Å². The second-order valence-electron chi connectivity index (χ2n) is 7.61. The van der Waals surface area contributed by atoms with Crippen molar-refractivity contribution in [3.63, 3.8) is 0 Å². The van der Waals surface area contributed by atoms with Gasteiger partial charge in [-0.3, -0.25) is 0 Å². The van der Waals surface area contributed by atoms with Crippen LogP contribution in [-0.4, -0.2) is 24.5 Å². The average Bonchev–Trinajstić information content (AvgIpc) is 2.76. The fraction of sp³-hybridized carbons (Fsp3) is 0.333. The molecule has 0 atom stereocenters. The van der Waals surface area contributed by atoms with Gasteiger partial charge in [-0.1, -0.05) is 91.0 Å². The zero-order chi connectivity index (χ0) is 19.3. The van der Waals surface area contributed by atoms with E-state index in [9.17, 15) is 0 Å². The predicted molar refractivity (Wildman–Crippen MR) is 128 cm³/mol. The molecule has 0 radical (unpaired) electrons. The molecule has 3 aromatic carbocycles. The van der Waals surface area contributed by atoms with Crippen LogP contribution in [0.2, 0.25) is 0 Å². The first kappa shape index (κ1) is 23.2. The van der Waals surface area contributed by atoms with Crippen molar-refractivity contribution in [1.82, 2.24) is 4.90 Å². The minimum absolute atomic E-state index is 0. The molecule has 1 nitrogen and oxygen atoms in total. The van der Waals surface area contributed by atoms with Crippen molar-refractivity contribution in [2.75, 3.05) is 19.6 Å². The Bertz CT molecular complexity index is 650. The molecule has 0 fully saturated rings. The van der Waals surface area contributed by atoms with Crippen molar-refractivity contribution >= 4 is 12.4 Å². The molecule has 0 aliphatic carbocycles. The number of hydrogen-bond donors (Lipinski definition) is 0. The third kappa shape index (κ3) is 9.30. The summed E-state index contributed by atoms with van der Waals surface area (Å²) >= 11 is 0. The van der Waals surface area contributed by atoms with E-state index in [0.717, 1.165) is 0 Å². The number of nitrogens with zero attached hydrogens (tertiary/aromatic N) is 1. The Labute approximate surface area is 183 Å². The molecule has 3 aromatic rings. The van der Waals surface area contributed by atoms with Gasteiger partial charge < -0.3 is 4.90 Å². The zero-order valence-corrected chi connectivity index (χ0v) is 18.2. The molecule has 0 N–H and O–H groups in total. The van der Waals surface area contributed by atoms with Crippen molar-refractivity contribution in [3.05, 3.63) is 108 Å². The normalized spacial score (nSPS) is 10.7. The second-order valence-corrected chi connectivity index (χ2v) is 7.61. The molecule has 0 unspecified atom stereocenters. The van der Waals surface area contributed by atoms with Gasteiger partial charge in [-0.25, -0.2) is 0 Å². The van der Waals surface area contributed by atoms with Crippen molar-refractivity contribution in [2.24, 2.45) is 0 Å². The molecule has 0 aromatic heterocycles. The third-order valence-corrected chi connectivity index (χ3v) is 5.35. The first-order valence-corrected chi connectivity index (χ1v) is 10.7. The molecule has 2 heteroatoms. The number of halogens is 1. The summed E-state index contributed by atoms with van der Waals surface area (Å²) in [5.74, 6) is 0. The standard InChI is InChI=1S/C27H33N.ClH/c1-4-13-25(14-5-1)19-10-22-28(23-11-20-26-15-6-2-7-16-26)24-12-21-27-17-8-3-9-18-27;/h1-9,13-18H,10-12,19-24H2;1H. The fourth-order valence-corrected chi connectivity index (χ4v) is 3.79. The van der Waals surface area contributed by atoms with E-state index in [1.165, 1.54) is 74.8 Å². The maximum atomic E-state index is 2.68. The molecule has 0 bridgehead atoms. The van der Waals surface area contributed by atoms with E-state index in [-0.39, 0.29) is 12.4 Å². The van der Waals surface area contributed by atoms with E-state index in [4.69, 9.17) is 0 Å². The van der Waals surface area contributed by atoms with E-state index in [2.05, 4.69) is 95.9 Å². The number of aryl methyl sites for hydroxylation is 3. The Morgan fingerprint density at radius 3 is 0.966 bits per heavy atom. The van der Waals surface area contributed by atoms with Gasteiger partial charge in [-0.2, -0.15) is 0 Å². The lowest BCUT2D eigenvalue weighted by Crippen LogP contribution is -2.28. The zero-order valence-electron chi connectivity index (χ0n) is 17.4. The molecule has 0 aliphatic rings. The van der Waals surface area contributed by atoms with Gasteiger partial charge in [0.15, 0.2) is 0 Å². The number of benzene rings is 3. The van der Waals surface area contributed by atoms with Crippen molar-refractivity contribution in [1.29, 1.82) is 0 Å². The lowest BCUT2D eigenvalue weighted by Gasteiger charge is -2.22. The average molecular weight is 408 g/mol. The van der Waals surface area contributed by atoms with E-state index in [1.807, 2.05) is 0 Å². The second kappa shape index (κ2) is 14.0. The summed E-state index contributed by atoms with van der Waals surface area (Å²) < 4.78 is 0. The van der Waals surface area contributed by atoms with Crippen LogP contribution in [0, 0.1) is 0 Å². The first-order chi connectivity index (χ1) is 13.9. The van der Waals surface area contributed by atoms with E-state index in [0.29, 0.717) is 0 Å². The molecule has 0 saturated heterocycles. The van der Waals surface area contributed by atoms with Crippen LogP contribution in [0.3, 0.4) is 0 Å². The lowest BCUT2D eigenvalue weighted by molar-refractivity contribution is 0.264. The number of hydrogen-bond acceptors (Lipinski definition) is 1. The Morgan fingerprint density at radius 2 is 0.690 bits per heavy atom. The highest BCUT2D eigenvalue weighted by Crippen LogP contribution is 2.09. The van der Waals surface area contributed by atoms with Crippen LogP contribution in [0.1, 0.15) is 36.0 Å². The molecule has 0 heterocycles. The van der Waals surface area contributed by atoms with Crippen molar-refractivity contribution < 1.29 is 0 Å². The van der Waals surface area contributed by atoms with Crippen molar-refractivity contribution in [2.45, 2.75) is 38.5 Å². The third-order valence-electron chi connectivity index (χ3n) is 5.35. The van der Waals surface area contributed by atoms with Gasteiger partial charge in [0.2, 0.25) is 0 Å². The molecule has 154 valence electrons. The van der Waals surface area contributed by atoms with Crippen LogP contribution in [-0.2, 0) is 19.3 Å². The molecular formula is C27H34ClN. The molecule has 29 heavy (non-hydrogen) atoms. The minimum atomic E-state index is 0. The summed E-state index contributed by atoms with van der Waals surface area (Å²) in [5.41, 5.74) is 4.36. The van der Waals surface area contributed by atoms with Gasteiger partial charge in [0, 0.05) is 0 Å². The largest absolute Gasteiger partial charge is 0.303 e. The monoisotopic (exact) mass is 407 g/mol. The SMILES string of the molecule is Cl.c1ccc(CCCN(CCCc2ccccc2)CCCc2ccccc2)cc1. The summed E-state index contributed by atoms with van der Waals surface area (Å²) in [5, 5.41) is 0. The molecule has 0 spiro atoms. The Hall–Kier alpha value is -2.09. The molecular weight excluding hydrogens is 374 g/mol. The van der Waals surface area contributed by atoms with Gasteiger partial charge in [-0.15, -0.1) is 12.4 Å². The maximum absolute atomic E-state index is 2.68. The van der Waals surface area contributed by atoms with Crippen LogP contribution in [0.15, 0.2) is 91.0 Å². The molecule has 0 saturated carbocycles. The Kier molecular flexibility index (Phi) is 11.2. The molecule has 0 amide bonds. The first-order valence-electron chi connectivity index (χ1n) is 10.7. The fourth-order valence-electron chi connectivity index (χ4n) is 3.79. The van der Waals surface area contributed by atoms with E-state index in [1.54, 1.807) is 0 Å². The summed E-state index contributed by atoms with van der Waals surface area (Å²) in [6.45, 7) is 3.58. The minimum Gasteiger partial charge on any atom is -0.303 e. The highest BCUT2D eigenvalue weighted by atomic mass is 35.5. The summed E-state index contributed by atoms with van der Waals surface area (Å²) in [6, 6.07) is 32.6. The highest BCUT2D eigenvalue weighted by molar-refractivity contribution is 5.85. The van der Waals surface area contributed by atoms with Crippen LogP contribution < -0.4 is 0 Å². The summed E-state index contributed by atoms with van der Waals surface area (Å²) in [6.07, 6.45) is 7.24. The summed E-state index contributed by atoms with van der Waals surface area (Å²) in [4.78, 5) is 2.68. The lowest BCUT2D eigenvalue weighted by atomic mass is 10.1. The molecule has 3 rings (SSSR count). The van der Waals surface area contributed by atoms with Crippen molar-refractivity contribution in [3.8, 4) is 0 Å². The maximum Gasteiger partial charge on any atom is -0.00156 e. The predicted octanol–water partition coefficient (Wildman–Crippen LogP) is 6.61. The Balaban J connectivity index is 0.00000300. The summed E-state index contributed by atoms with van der Waals surface area (Å²) in [7, 11) is 0. The van der Waals surface area contributed by atoms with Gasteiger partial charge in [0.25, 0.3) is 0 Å². The van der Waals surface area contributed by atoms with Crippen LogP contribution in [0.25, 0.3) is 0 Å². The van der Waals surface area contributed by atoms with Crippen LogP contribution in [0.5, 0.6) is 0 Å². The van der Waals surface area contributed by atoms with Crippen LogP contribution >= 0.6 is 12.4 Å². The number of rotatable bonds is 12. The van der Waals surface area contributed by atoms with Gasteiger partial charge >= 0.3 is 0 Å². The van der Waals surface area contributed by atoms with Gasteiger partial charge in [0.05, 0.1) is 0 Å². The van der Waals surface area contributed by atoms with E-state index >= 15 is 0 Å². The quantitative estimate of drug-likeness (QED) is 0.326.